The van der Waals surface area contributed by atoms with E-state index in [1.807, 2.05) is 12.1 Å². The van der Waals surface area contributed by atoms with Crippen molar-refractivity contribution >= 4 is 33.2 Å². The zero-order chi connectivity index (χ0) is 14.8. The fourth-order valence-corrected chi connectivity index (χ4v) is 3.82. The molecule has 0 radical (unpaired) electrons. The first-order valence-corrected chi connectivity index (χ1v) is 8.23. The lowest BCUT2D eigenvalue weighted by atomic mass is 10.1. The first-order chi connectivity index (χ1) is 10.1. The van der Waals surface area contributed by atoms with Gasteiger partial charge in [-0.25, -0.2) is 0 Å². The van der Waals surface area contributed by atoms with Gasteiger partial charge >= 0.3 is 5.97 Å². The number of carboxylic acids is 1. The van der Waals surface area contributed by atoms with Gasteiger partial charge in [-0.1, -0.05) is 0 Å². The van der Waals surface area contributed by atoms with E-state index in [0.29, 0.717) is 18.3 Å². The van der Waals surface area contributed by atoms with Crippen molar-refractivity contribution in [1.82, 2.24) is 15.1 Å². The van der Waals surface area contributed by atoms with Crippen LogP contribution in [0.25, 0.3) is 10.8 Å². The molecule has 6 nitrogen and oxygen atoms in total. The maximum Gasteiger partial charge on any atom is 0.303 e. The van der Waals surface area contributed by atoms with Gasteiger partial charge < -0.3 is 9.52 Å². The van der Waals surface area contributed by atoms with Crippen LogP contribution in [0.4, 0.5) is 0 Å². The van der Waals surface area contributed by atoms with Crippen molar-refractivity contribution in [3.63, 3.8) is 0 Å². The molecule has 3 heterocycles. The van der Waals surface area contributed by atoms with Gasteiger partial charge in [-0.15, -0.1) is 21.5 Å². The molecule has 1 aliphatic rings. The molecule has 0 amide bonds. The highest BCUT2D eigenvalue weighted by Crippen LogP contribution is 2.30. The first kappa shape index (κ1) is 14.7. The normalized spacial score (nSPS) is 19.2. The molecule has 2 aromatic heterocycles. The molecule has 1 N–H and O–H groups in total. The summed E-state index contributed by atoms with van der Waals surface area (Å²) in [7, 11) is 0. The minimum Gasteiger partial charge on any atom is -0.481 e. The molecule has 0 spiro atoms. The largest absolute Gasteiger partial charge is 0.481 e. The van der Waals surface area contributed by atoms with Crippen molar-refractivity contribution in [3.8, 4) is 10.8 Å². The molecular formula is C13H14BrN3O3S. The van der Waals surface area contributed by atoms with Gasteiger partial charge in [0.15, 0.2) is 0 Å². The van der Waals surface area contributed by atoms with E-state index < -0.39 is 5.97 Å². The van der Waals surface area contributed by atoms with Crippen LogP contribution in [0.3, 0.4) is 0 Å². The highest BCUT2D eigenvalue weighted by molar-refractivity contribution is 9.11. The minimum atomic E-state index is -0.731. The van der Waals surface area contributed by atoms with Crippen LogP contribution in [-0.4, -0.2) is 39.3 Å². The molecule has 1 unspecified atom stereocenters. The third kappa shape index (κ3) is 3.69. The number of hydrogen-bond acceptors (Lipinski definition) is 6. The van der Waals surface area contributed by atoms with Crippen molar-refractivity contribution in [2.45, 2.75) is 19.4 Å². The molecule has 0 aromatic carbocycles. The SMILES string of the molecule is O=C(O)CC1CCN(Cc2nnc(-c3ccc(Br)s3)o2)C1. The molecule has 0 aliphatic carbocycles. The van der Waals surface area contributed by atoms with E-state index in [1.165, 1.54) is 0 Å². The number of carboxylic acid groups (broad SMARTS) is 1. The molecule has 8 heteroatoms. The average molecular weight is 372 g/mol. The molecule has 1 atom stereocenters. The summed E-state index contributed by atoms with van der Waals surface area (Å²) in [5, 5.41) is 16.9. The first-order valence-electron chi connectivity index (χ1n) is 6.62. The lowest BCUT2D eigenvalue weighted by molar-refractivity contribution is -0.138. The zero-order valence-electron chi connectivity index (χ0n) is 11.2. The summed E-state index contributed by atoms with van der Waals surface area (Å²) in [4.78, 5) is 13.8. The van der Waals surface area contributed by atoms with E-state index in [9.17, 15) is 4.79 Å². The average Bonchev–Trinajstić information content (AvgIpc) is 3.11. The summed E-state index contributed by atoms with van der Waals surface area (Å²) in [6, 6.07) is 3.88. The van der Waals surface area contributed by atoms with Crippen LogP contribution in [0.1, 0.15) is 18.7 Å². The Bertz CT molecular complexity index is 642. The van der Waals surface area contributed by atoms with Crippen molar-refractivity contribution in [2.24, 2.45) is 5.92 Å². The lowest BCUT2D eigenvalue weighted by Gasteiger charge is -2.12. The predicted octanol–water partition coefficient (Wildman–Crippen LogP) is 2.86. The Morgan fingerprint density at radius 2 is 2.38 bits per heavy atom. The van der Waals surface area contributed by atoms with Crippen LogP contribution >= 0.6 is 27.3 Å². The Kier molecular flexibility index (Phi) is 4.37. The smallest absolute Gasteiger partial charge is 0.303 e. The lowest BCUT2D eigenvalue weighted by Crippen LogP contribution is -2.21. The second-order valence-electron chi connectivity index (χ2n) is 5.09. The zero-order valence-corrected chi connectivity index (χ0v) is 13.6. The van der Waals surface area contributed by atoms with E-state index in [-0.39, 0.29) is 12.3 Å². The van der Waals surface area contributed by atoms with Crippen molar-refractivity contribution in [1.29, 1.82) is 0 Å². The van der Waals surface area contributed by atoms with Gasteiger partial charge in [0, 0.05) is 13.0 Å². The molecule has 21 heavy (non-hydrogen) atoms. The second kappa shape index (κ2) is 6.25. The third-order valence-electron chi connectivity index (χ3n) is 3.44. The number of hydrogen-bond donors (Lipinski definition) is 1. The van der Waals surface area contributed by atoms with Gasteiger partial charge in [0.2, 0.25) is 5.89 Å². The van der Waals surface area contributed by atoms with E-state index in [4.69, 9.17) is 9.52 Å². The fourth-order valence-electron chi connectivity index (χ4n) is 2.51. The number of thiophene rings is 1. The Morgan fingerprint density at radius 1 is 1.52 bits per heavy atom. The minimum absolute atomic E-state index is 0.221. The number of rotatable bonds is 5. The summed E-state index contributed by atoms with van der Waals surface area (Å²) >= 11 is 4.95. The van der Waals surface area contributed by atoms with Gasteiger partial charge in [0.05, 0.1) is 15.2 Å². The summed E-state index contributed by atoms with van der Waals surface area (Å²) in [5.41, 5.74) is 0. The molecule has 112 valence electrons. The predicted molar refractivity (Wildman–Crippen MR) is 80.9 cm³/mol. The van der Waals surface area contributed by atoms with E-state index in [0.717, 1.165) is 28.2 Å². The van der Waals surface area contributed by atoms with Crippen LogP contribution in [-0.2, 0) is 11.3 Å². The monoisotopic (exact) mass is 371 g/mol. The van der Waals surface area contributed by atoms with Crippen molar-refractivity contribution in [2.75, 3.05) is 13.1 Å². The Labute approximate surface area is 133 Å². The maximum atomic E-state index is 10.7. The fraction of sp³-hybridized carbons (Fsp3) is 0.462. The van der Waals surface area contributed by atoms with E-state index in [2.05, 4.69) is 31.0 Å². The molecule has 1 aliphatic heterocycles. The number of carbonyl (C=O) groups is 1. The van der Waals surface area contributed by atoms with Crippen LogP contribution in [0.15, 0.2) is 20.3 Å². The number of nitrogens with zero attached hydrogens (tertiary/aromatic N) is 3. The molecule has 0 saturated carbocycles. The highest BCUT2D eigenvalue weighted by atomic mass is 79.9. The molecule has 2 aromatic rings. The summed E-state index contributed by atoms with van der Waals surface area (Å²) in [6.07, 6.45) is 1.14. The van der Waals surface area contributed by atoms with Gasteiger partial charge in [0.25, 0.3) is 5.89 Å². The van der Waals surface area contributed by atoms with Gasteiger partial charge in [0.1, 0.15) is 0 Å². The number of likely N-dealkylation sites (tertiary alicyclic amines) is 1. The standard InChI is InChI=1S/C13H14BrN3O3S/c14-10-2-1-9(21-10)13-16-15-11(20-13)7-17-4-3-8(6-17)5-12(18)19/h1-2,8H,3-7H2,(H,18,19). The Hall–Kier alpha value is -1.25. The topological polar surface area (TPSA) is 79.5 Å². The molecule has 3 rings (SSSR count). The van der Waals surface area contributed by atoms with Crippen LogP contribution in [0, 0.1) is 5.92 Å². The Morgan fingerprint density at radius 3 is 3.10 bits per heavy atom. The number of aliphatic carboxylic acids is 1. The third-order valence-corrected chi connectivity index (χ3v) is 5.05. The maximum absolute atomic E-state index is 10.7. The molecular weight excluding hydrogens is 358 g/mol. The highest BCUT2D eigenvalue weighted by Gasteiger charge is 2.25. The van der Waals surface area contributed by atoms with Gasteiger partial charge in [-0.2, -0.15) is 0 Å². The second-order valence-corrected chi connectivity index (χ2v) is 7.56. The van der Waals surface area contributed by atoms with Crippen LogP contribution in [0.2, 0.25) is 0 Å². The van der Waals surface area contributed by atoms with Gasteiger partial charge in [-0.05, 0) is 46.9 Å². The Balaban J connectivity index is 1.59. The quantitative estimate of drug-likeness (QED) is 0.870. The summed E-state index contributed by atoms with van der Waals surface area (Å²) in [6.45, 7) is 2.23. The molecule has 1 fully saturated rings. The van der Waals surface area contributed by atoms with Crippen molar-refractivity contribution in [3.05, 3.63) is 21.8 Å². The van der Waals surface area contributed by atoms with Crippen LogP contribution in [0.5, 0.6) is 0 Å². The van der Waals surface area contributed by atoms with Crippen molar-refractivity contribution < 1.29 is 14.3 Å². The van der Waals surface area contributed by atoms with Gasteiger partial charge in [-0.3, -0.25) is 9.69 Å². The summed E-state index contributed by atoms with van der Waals surface area (Å²) < 4.78 is 6.69. The summed E-state index contributed by atoms with van der Waals surface area (Å²) in [5.74, 6) is 0.593. The van der Waals surface area contributed by atoms with Crippen LogP contribution < -0.4 is 0 Å². The van der Waals surface area contributed by atoms with E-state index >= 15 is 0 Å². The number of halogens is 1. The molecule has 1 saturated heterocycles. The molecule has 0 bridgehead atoms. The number of aromatic nitrogens is 2. The van der Waals surface area contributed by atoms with E-state index in [1.54, 1.807) is 11.3 Å².